The molecule has 26 heavy (non-hydrogen) atoms. The largest absolute Gasteiger partial charge is 0.459 e. The Kier molecular flexibility index (Phi) is 4.37. The highest BCUT2D eigenvalue weighted by Crippen LogP contribution is 2.63. The summed E-state index contributed by atoms with van der Waals surface area (Å²) in [4.78, 5) is 36.0. The zero-order valence-corrected chi connectivity index (χ0v) is 16.7. The van der Waals surface area contributed by atoms with Gasteiger partial charge in [-0.1, -0.05) is 24.3 Å². The van der Waals surface area contributed by atoms with Gasteiger partial charge in [0.2, 0.25) is 0 Å². The van der Waals surface area contributed by atoms with Crippen molar-refractivity contribution >= 4 is 28.6 Å². The molecule has 3 fully saturated rings. The van der Waals surface area contributed by atoms with Gasteiger partial charge in [-0.2, -0.15) is 0 Å². The van der Waals surface area contributed by atoms with Crippen molar-refractivity contribution in [2.45, 2.75) is 76.6 Å². The van der Waals surface area contributed by atoms with Gasteiger partial charge in [-0.05, 0) is 56.9 Å². The van der Waals surface area contributed by atoms with Crippen molar-refractivity contribution in [3.05, 3.63) is 11.6 Å². The second-order valence-electron chi connectivity index (χ2n) is 9.00. The van der Waals surface area contributed by atoms with Crippen LogP contribution >= 0.6 is 11.8 Å². The maximum Gasteiger partial charge on any atom is 0.306 e. The van der Waals surface area contributed by atoms with Crippen molar-refractivity contribution in [1.82, 2.24) is 0 Å². The Labute approximate surface area is 159 Å². The van der Waals surface area contributed by atoms with Crippen LogP contribution in [0.4, 0.5) is 0 Å². The summed E-state index contributed by atoms with van der Waals surface area (Å²) in [6, 6.07) is 0. The minimum atomic E-state index is -0.332. The van der Waals surface area contributed by atoms with Gasteiger partial charge in [0.1, 0.15) is 5.60 Å². The van der Waals surface area contributed by atoms with Crippen LogP contribution in [0.2, 0.25) is 0 Å². The van der Waals surface area contributed by atoms with E-state index in [9.17, 15) is 14.4 Å². The van der Waals surface area contributed by atoms with Crippen molar-refractivity contribution in [2.24, 2.45) is 23.2 Å². The van der Waals surface area contributed by atoms with Crippen LogP contribution in [0.25, 0.3) is 0 Å². The molecule has 0 radical (unpaired) electrons. The molecule has 142 valence electrons. The van der Waals surface area contributed by atoms with Crippen molar-refractivity contribution in [2.75, 3.05) is 0 Å². The first kappa shape index (κ1) is 18.3. The third-order valence-corrected chi connectivity index (χ3v) is 8.96. The standard InChI is InChI=1S/C21H28O4S/c1-12(22)26-18-11-14(23)10-13-4-5-15-16-6-7-19(24)25-20(16,2)9-8-17(15)21(13,18)3/h10,15-18H,4-9,11H2,1-3H3/t15-,16+,17+,18+,20+,21+/m0/s1. The molecule has 3 aliphatic carbocycles. The lowest BCUT2D eigenvalue weighted by molar-refractivity contribution is -0.194. The van der Waals surface area contributed by atoms with E-state index in [0.717, 1.165) is 32.1 Å². The summed E-state index contributed by atoms with van der Waals surface area (Å²) in [7, 11) is 0. The molecule has 1 heterocycles. The Bertz CT molecular complexity index is 698. The lowest BCUT2D eigenvalue weighted by Crippen LogP contribution is -2.58. The summed E-state index contributed by atoms with van der Waals surface area (Å²) in [6.45, 7) is 6.01. The molecule has 1 aliphatic heterocycles. The highest BCUT2D eigenvalue weighted by molar-refractivity contribution is 8.14. The quantitative estimate of drug-likeness (QED) is 0.646. The molecule has 0 aromatic carbocycles. The van der Waals surface area contributed by atoms with E-state index in [0.29, 0.717) is 30.6 Å². The number of rotatable bonds is 1. The highest BCUT2D eigenvalue weighted by Gasteiger charge is 2.60. The fraction of sp³-hybridized carbons (Fsp3) is 0.762. The number of esters is 1. The molecule has 0 aromatic heterocycles. The molecule has 4 nitrogen and oxygen atoms in total. The topological polar surface area (TPSA) is 60.4 Å². The van der Waals surface area contributed by atoms with Crippen molar-refractivity contribution < 1.29 is 19.1 Å². The molecule has 1 saturated heterocycles. The summed E-state index contributed by atoms with van der Waals surface area (Å²) in [6.07, 6.45) is 7.66. The number of fused-ring (bicyclic) bond motifs is 5. The number of ketones is 1. The first-order valence-electron chi connectivity index (χ1n) is 9.87. The second-order valence-corrected chi connectivity index (χ2v) is 10.4. The normalized spacial score (nSPS) is 45.0. The molecule has 2 saturated carbocycles. The molecule has 4 rings (SSSR count). The van der Waals surface area contributed by atoms with Gasteiger partial charge in [0.05, 0.1) is 0 Å². The molecule has 5 heteroatoms. The molecule has 0 N–H and O–H groups in total. The van der Waals surface area contributed by atoms with Crippen molar-refractivity contribution in [3.63, 3.8) is 0 Å². The number of carbonyl (C=O) groups is 3. The predicted octanol–water partition coefficient (Wildman–Crippen LogP) is 4.07. The molecular weight excluding hydrogens is 348 g/mol. The van der Waals surface area contributed by atoms with Crippen LogP contribution in [0, 0.1) is 23.2 Å². The number of hydrogen-bond acceptors (Lipinski definition) is 5. The molecule has 0 spiro atoms. The number of thioether (sulfide) groups is 1. The molecule has 4 aliphatic rings. The second kappa shape index (κ2) is 6.22. The van der Waals surface area contributed by atoms with Gasteiger partial charge in [-0.3, -0.25) is 14.4 Å². The van der Waals surface area contributed by atoms with E-state index in [-0.39, 0.29) is 33.1 Å². The predicted molar refractivity (Wildman–Crippen MR) is 101 cm³/mol. The lowest BCUT2D eigenvalue weighted by atomic mass is 9.48. The summed E-state index contributed by atoms with van der Waals surface area (Å²) in [5.41, 5.74) is 0.822. The Morgan fingerprint density at radius 1 is 1.15 bits per heavy atom. The van der Waals surface area contributed by atoms with E-state index in [1.54, 1.807) is 6.92 Å². The van der Waals surface area contributed by atoms with Crippen LogP contribution in [0.1, 0.15) is 65.7 Å². The first-order chi connectivity index (χ1) is 12.2. The smallest absolute Gasteiger partial charge is 0.306 e. The highest BCUT2D eigenvalue weighted by atomic mass is 32.2. The van der Waals surface area contributed by atoms with Crippen LogP contribution in [0.3, 0.4) is 0 Å². The van der Waals surface area contributed by atoms with Gasteiger partial charge in [0.15, 0.2) is 10.9 Å². The maximum atomic E-state index is 12.3. The molecule has 0 bridgehead atoms. The fourth-order valence-electron chi connectivity index (χ4n) is 6.47. The Morgan fingerprint density at radius 3 is 2.65 bits per heavy atom. The first-order valence-corrected chi connectivity index (χ1v) is 10.7. The van der Waals surface area contributed by atoms with Crippen LogP contribution in [0.15, 0.2) is 11.6 Å². The van der Waals surface area contributed by atoms with Gasteiger partial charge in [-0.25, -0.2) is 0 Å². The third kappa shape index (κ3) is 2.69. The molecule has 0 amide bonds. The summed E-state index contributed by atoms with van der Waals surface area (Å²) in [5.74, 6) is 1.48. The van der Waals surface area contributed by atoms with Gasteiger partial charge >= 0.3 is 5.97 Å². The van der Waals surface area contributed by atoms with Crippen molar-refractivity contribution in [3.8, 4) is 0 Å². The van der Waals surface area contributed by atoms with E-state index in [2.05, 4.69) is 13.8 Å². The monoisotopic (exact) mass is 376 g/mol. The molecule has 6 atom stereocenters. The maximum absolute atomic E-state index is 12.3. The van der Waals surface area contributed by atoms with Gasteiger partial charge < -0.3 is 4.74 Å². The van der Waals surface area contributed by atoms with Crippen LogP contribution < -0.4 is 0 Å². The van der Waals surface area contributed by atoms with Gasteiger partial charge in [0, 0.05) is 36.3 Å². The number of hydrogen-bond donors (Lipinski definition) is 0. The molecule has 0 unspecified atom stereocenters. The van der Waals surface area contributed by atoms with Gasteiger partial charge in [0.25, 0.3) is 0 Å². The molecule has 0 aromatic rings. The van der Waals surface area contributed by atoms with Crippen LogP contribution in [0.5, 0.6) is 0 Å². The third-order valence-electron chi connectivity index (χ3n) is 7.68. The van der Waals surface area contributed by atoms with E-state index < -0.39 is 0 Å². The zero-order chi connectivity index (χ0) is 18.7. The van der Waals surface area contributed by atoms with E-state index >= 15 is 0 Å². The van der Waals surface area contributed by atoms with Crippen LogP contribution in [-0.4, -0.2) is 27.7 Å². The Balaban J connectivity index is 1.70. The Hall–Kier alpha value is -1.10. The average molecular weight is 377 g/mol. The number of carbonyl (C=O) groups excluding carboxylic acids is 3. The number of ether oxygens (including phenoxy) is 1. The van der Waals surface area contributed by atoms with E-state index in [1.807, 2.05) is 6.08 Å². The summed E-state index contributed by atoms with van der Waals surface area (Å²) < 4.78 is 5.84. The minimum Gasteiger partial charge on any atom is -0.459 e. The van der Waals surface area contributed by atoms with Crippen LogP contribution in [-0.2, 0) is 19.1 Å². The Morgan fingerprint density at radius 2 is 1.92 bits per heavy atom. The number of allylic oxidation sites excluding steroid dienone is 2. The van der Waals surface area contributed by atoms with E-state index in [4.69, 9.17) is 4.74 Å². The van der Waals surface area contributed by atoms with E-state index in [1.165, 1.54) is 17.3 Å². The summed E-state index contributed by atoms with van der Waals surface area (Å²) >= 11 is 1.36. The lowest BCUT2D eigenvalue weighted by Gasteiger charge is -2.60. The average Bonchev–Trinajstić information content (AvgIpc) is 2.54. The van der Waals surface area contributed by atoms with Crippen molar-refractivity contribution in [1.29, 1.82) is 0 Å². The zero-order valence-electron chi connectivity index (χ0n) is 15.9. The van der Waals surface area contributed by atoms with Gasteiger partial charge in [-0.15, -0.1) is 0 Å². The fourth-order valence-corrected chi connectivity index (χ4v) is 7.69. The summed E-state index contributed by atoms with van der Waals surface area (Å²) in [5, 5.41) is 0.135. The SMILES string of the molecule is CC(=O)S[C@@H]1CC(=O)C=C2CC[C@@H]3[C@@H](CC[C@@]4(C)OC(=O)CC[C@H]34)[C@@]21C. The minimum absolute atomic E-state index is 0.0378. The molecular formula is C21H28O4S.